The highest BCUT2D eigenvalue weighted by molar-refractivity contribution is 6.36. The van der Waals surface area contributed by atoms with Gasteiger partial charge in [-0.25, -0.2) is 4.79 Å². The van der Waals surface area contributed by atoms with E-state index < -0.39 is 17.2 Å². The van der Waals surface area contributed by atoms with Crippen molar-refractivity contribution in [1.29, 1.82) is 0 Å². The fourth-order valence-electron chi connectivity index (χ4n) is 4.52. The standard InChI is InChI=1S/C18H22O3/c19-15(16(20)21)18(14-8-4-3-5-9-14)12-17(13-18)10-6-1-2-7-11-17/h3-5,8-9H,1-2,6-7,10-13H2,(H,20,21). The number of carboxylic acid groups (broad SMARTS) is 1. The lowest BCUT2D eigenvalue weighted by molar-refractivity contribution is -0.157. The normalized spacial score (nSPS) is 23.0. The Morgan fingerprint density at radius 1 is 0.905 bits per heavy atom. The summed E-state index contributed by atoms with van der Waals surface area (Å²) in [6.07, 6.45) is 8.70. The Bertz CT molecular complexity index is 531. The van der Waals surface area contributed by atoms with Crippen LogP contribution in [-0.4, -0.2) is 16.9 Å². The van der Waals surface area contributed by atoms with Crippen molar-refractivity contribution >= 4 is 11.8 Å². The van der Waals surface area contributed by atoms with E-state index in [0.29, 0.717) is 0 Å². The van der Waals surface area contributed by atoms with Crippen LogP contribution in [0.2, 0.25) is 0 Å². The van der Waals surface area contributed by atoms with Gasteiger partial charge in [-0.15, -0.1) is 0 Å². The van der Waals surface area contributed by atoms with Crippen LogP contribution >= 0.6 is 0 Å². The van der Waals surface area contributed by atoms with Gasteiger partial charge in [-0.05, 0) is 36.7 Å². The maximum absolute atomic E-state index is 12.4. The van der Waals surface area contributed by atoms with Gasteiger partial charge in [0.15, 0.2) is 0 Å². The summed E-state index contributed by atoms with van der Waals surface area (Å²) in [5.74, 6) is -1.91. The van der Waals surface area contributed by atoms with Gasteiger partial charge in [0.1, 0.15) is 0 Å². The van der Waals surface area contributed by atoms with Crippen LogP contribution in [0.5, 0.6) is 0 Å². The smallest absolute Gasteiger partial charge is 0.373 e. The highest BCUT2D eigenvalue weighted by Crippen LogP contribution is 2.61. The lowest BCUT2D eigenvalue weighted by Crippen LogP contribution is -2.56. The number of benzene rings is 1. The van der Waals surface area contributed by atoms with Gasteiger partial charge >= 0.3 is 5.97 Å². The zero-order chi connectivity index (χ0) is 14.9. The van der Waals surface area contributed by atoms with Crippen molar-refractivity contribution in [3.63, 3.8) is 0 Å². The van der Waals surface area contributed by atoms with Crippen LogP contribution in [0.25, 0.3) is 0 Å². The van der Waals surface area contributed by atoms with E-state index in [9.17, 15) is 14.7 Å². The molecule has 0 saturated heterocycles. The van der Waals surface area contributed by atoms with Gasteiger partial charge in [0.25, 0.3) is 0 Å². The Balaban J connectivity index is 1.91. The monoisotopic (exact) mass is 286 g/mol. The molecule has 1 N–H and O–H groups in total. The second kappa shape index (κ2) is 5.28. The fourth-order valence-corrected chi connectivity index (χ4v) is 4.52. The van der Waals surface area contributed by atoms with Crippen molar-refractivity contribution < 1.29 is 14.7 Å². The summed E-state index contributed by atoms with van der Waals surface area (Å²) >= 11 is 0. The summed E-state index contributed by atoms with van der Waals surface area (Å²) in [7, 11) is 0. The van der Waals surface area contributed by atoms with Gasteiger partial charge in [-0.2, -0.15) is 0 Å². The first-order valence-corrected chi connectivity index (χ1v) is 7.91. The molecule has 1 aromatic carbocycles. The molecule has 3 rings (SSSR count). The molecule has 2 fully saturated rings. The average Bonchev–Trinajstić information content (AvgIpc) is 2.71. The molecule has 2 saturated carbocycles. The molecule has 0 aromatic heterocycles. The molecule has 0 heterocycles. The Morgan fingerprint density at radius 3 is 2.00 bits per heavy atom. The lowest BCUT2D eigenvalue weighted by atomic mass is 9.47. The quantitative estimate of drug-likeness (QED) is 0.862. The molecule has 21 heavy (non-hydrogen) atoms. The average molecular weight is 286 g/mol. The predicted octanol–water partition coefficient (Wildman–Crippen LogP) is 3.71. The molecular weight excluding hydrogens is 264 g/mol. The first-order chi connectivity index (χ1) is 10.1. The van der Waals surface area contributed by atoms with Crippen LogP contribution in [-0.2, 0) is 15.0 Å². The van der Waals surface area contributed by atoms with Crippen LogP contribution in [0.3, 0.4) is 0 Å². The Kier molecular flexibility index (Phi) is 3.60. The largest absolute Gasteiger partial charge is 0.475 e. The molecule has 3 nitrogen and oxygen atoms in total. The summed E-state index contributed by atoms with van der Waals surface area (Å²) in [6.45, 7) is 0. The van der Waals surface area contributed by atoms with Gasteiger partial charge < -0.3 is 5.11 Å². The summed E-state index contributed by atoms with van der Waals surface area (Å²) in [4.78, 5) is 23.7. The summed E-state index contributed by atoms with van der Waals surface area (Å²) in [5, 5.41) is 9.24. The SMILES string of the molecule is O=C(O)C(=O)C1(c2ccccc2)CC2(CCCCCC2)C1. The van der Waals surface area contributed by atoms with Crippen LogP contribution in [0, 0.1) is 5.41 Å². The zero-order valence-electron chi connectivity index (χ0n) is 12.3. The highest BCUT2D eigenvalue weighted by Gasteiger charge is 2.60. The minimum Gasteiger partial charge on any atom is -0.475 e. The molecule has 112 valence electrons. The molecule has 0 atom stereocenters. The third-order valence-corrected chi connectivity index (χ3v) is 5.47. The van der Waals surface area contributed by atoms with Gasteiger partial charge in [-0.3, -0.25) is 4.79 Å². The van der Waals surface area contributed by atoms with Crippen LogP contribution in [0.1, 0.15) is 56.9 Å². The molecular formula is C18H22O3. The number of Topliss-reactive ketones (excluding diaryl/α,β-unsaturated/α-hetero) is 1. The third-order valence-electron chi connectivity index (χ3n) is 5.47. The van der Waals surface area contributed by atoms with Crippen molar-refractivity contribution in [2.75, 3.05) is 0 Å². The van der Waals surface area contributed by atoms with Crippen molar-refractivity contribution in [2.24, 2.45) is 5.41 Å². The minimum atomic E-state index is -1.29. The van der Waals surface area contributed by atoms with Gasteiger partial charge in [0.05, 0.1) is 5.41 Å². The molecule has 1 spiro atoms. The number of carboxylic acids is 1. The maximum atomic E-state index is 12.4. The van der Waals surface area contributed by atoms with E-state index in [1.807, 2.05) is 30.3 Å². The van der Waals surface area contributed by atoms with E-state index in [4.69, 9.17) is 0 Å². The maximum Gasteiger partial charge on any atom is 0.373 e. The van der Waals surface area contributed by atoms with Crippen LogP contribution in [0.4, 0.5) is 0 Å². The second-order valence-electron chi connectivity index (χ2n) is 6.85. The van der Waals surface area contributed by atoms with E-state index in [0.717, 1.165) is 31.2 Å². The molecule has 0 aliphatic heterocycles. The molecule has 2 aliphatic carbocycles. The van der Waals surface area contributed by atoms with Crippen molar-refractivity contribution in [3.8, 4) is 0 Å². The molecule has 1 aromatic rings. The van der Waals surface area contributed by atoms with Gasteiger partial charge in [0.2, 0.25) is 5.78 Å². The topological polar surface area (TPSA) is 54.4 Å². The van der Waals surface area contributed by atoms with Crippen molar-refractivity contribution in [2.45, 2.75) is 56.8 Å². The zero-order valence-corrected chi connectivity index (χ0v) is 12.3. The number of aliphatic carboxylic acids is 1. The first kappa shape index (κ1) is 14.3. The molecule has 2 aliphatic rings. The summed E-state index contributed by atoms with van der Waals surface area (Å²) in [6, 6.07) is 9.51. The number of rotatable bonds is 3. The Hall–Kier alpha value is -1.64. The number of hydrogen-bond donors (Lipinski definition) is 1. The van der Waals surface area contributed by atoms with Crippen molar-refractivity contribution in [1.82, 2.24) is 0 Å². The summed E-state index contributed by atoms with van der Waals surface area (Å²) < 4.78 is 0. The van der Waals surface area contributed by atoms with E-state index in [2.05, 4.69) is 0 Å². The Morgan fingerprint density at radius 2 is 1.48 bits per heavy atom. The molecule has 3 heteroatoms. The third kappa shape index (κ3) is 2.39. The van der Waals surface area contributed by atoms with Crippen LogP contribution in [0.15, 0.2) is 30.3 Å². The fraction of sp³-hybridized carbons (Fsp3) is 0.556. The second-order valence-corrected chi connectivity index (χ2v) is 6.85. The number of carbonyl (C=O) groups excluding carboxylic acids is 1. The minimum absolute atomic E-state index is 0.206. The molecule has 0 bridgehead atoms. The number of ketones is 1. The van der Waals surface area contributed by atoms with E-state index in [-0.39, 0.29) is 5.41 Å². The molecule has 0 radical (unpaired) electrons. The molecule has 0 amide bonds. The van der Waals surface area contributed by atoms with Gasteiger partial charge in [0, 0.05) is 0 Å². The Labute approximate surface area is 125 Å². The predicted molar refractivity (Wildman–Crippen MR) is 80.1 cm³/mol. The number of carbonyl (C=O) groups is 2. The van der Waals surface area contributed by atoms with Crippen LogP contribution < -0.4 is 0 Å². The van der Waals surface area contributed by atoms with E-state index in [1.54, 1.807) is 0 Å². The van der Waals surface area contributed by atoms with Gasteiger partial charge in [-0.1, -0.05) is 56.0 Å². The highest BCUT2D eigenvalue weighted by atomic mass is 16.4. The van der Waals surface area contributed by atoms with E-state index >= 15 is 0 Å². The summed E-state index contributed by atoms with van der Waals surface area (Å²) in [5.41, 5.74) is 0.307. The molecule has 0 unspecified atom stereocenters. The lowest BCUT2D eigenvalue weighted by Gasteiger charge is -2.55. The first-order valence-electron chi connectivity index (χ1n) is 7.91. The van der Waals surface area contributed by atoms with Crippen molar-refractivity contribution in [3.05, 3.63) is 35.9 Å². The number of hydrogen-bond acceptors (Lipinski definition) is 2. The van der Waals surface area contributed by atoms with E-state index in [1.165, 1.54) is 25.7 Å².